The average Bonchev–Trinajstić information content (AvgIpc) is 2.69. The molecule has 0 amide bonds. The molecule has 2 aromatic heterocycles. The fourth-order valence-corrected chi connectivity index (χ4v) is 3.65. The Kier molecular flexibility index (Phi) is 4.41. The normalized spacial score (nSPS) is 15.5. The molecule has 1 fully saturated rings. The summed E-state index contributed by atoms with van der Waals surface area (Å²) in [6.45, 7) is 6.36. The van der Waals surface area contributed by atoms with Gasteiger partial charge >= 0.3 is 0 Å². The number of piperidine rings is 1. The van der Waals surface area contributed by atoms with Crippen molar-refractivity contribution in [3.63, 3.8) is 0 Å². The highest BCUT2D eigenvalue weighted by atomic mass is 16.1. The molecule has 26 heavy (non-hydrogen) atoms. The summed E-state index contributed by atoms with van der Waals surface area (Å²) in [4.78, 5) is 27.9. The molecule has 0 spiro atoms. The number of hydrogen-bond donors (Lipinski definition) is 0. The Balaban J connectivity index is 1.48. The second-order valence-corrected chi connectivity index (χ2v) is 7.06. The lowest BCUT2D eigenvalue weighted by Crippen LogP contribution is -2.37. The van der Waals surface area contributed by atoms with Crippen molar-refractivity contribution in [1.82, 2.24) is 19.5 Å². The van der Waals surface area contributed by atoms with Gasteiger partial charge in [0.1, 0.15) is 12.1 Å². The Morgan fingerprint density at radius 3 is 2.65 bits per heavy atom. The van der Waals surface area contributed by atoms with E-state index in [9.17, 15) is 4.79 Å². The van der Waals surface area contributed by atoms with Crippen LogP contribution in [0.2, 0.25) is 0 Å². The van der Waals surface area contributed by atoms with Crippen LogP contribution in [0.4, 0.5) is 5.82 Å². The van der Waals surface area contributed by atoms with Crippen molar-refractivity contribution in [2.24, 2.45) is 5.92 Å². The zero-order valence-electron chi connectivity index (χ0n) is 15.2. The highest BCUT2D eigenvalue weighted by molar-refractivity contribution is 5.89. The number of para-hydroxylation sites is 1. The van der Waals surface area contributed by atoms with Crippen LogP contribution in [-0.4, -0.2) is 32.6 Å². The molecule has 1 aromatic carbocycles. The second kappa shape index (κ2) is 6.86. The summed E-state index contributed by atoms with van der Waals surface area (Å²) in [6, 6.07) is 8.13. The molecule has 1 saturated heterocycles. The number of hydrogen-bond acceptors (Lipinski definition) is 5. The molecule has 1 aliphatic heterocycles. The third-order valence-electron chi connectivity index (χ3n) is 5.41. The predicted molar refractivity (Wildman–Crippen MR) is 102 cm³/mol. The fourth-order valence-electron chi connectivity index (χ4n) is 3.65. The summed E-state index contributed by atoms with van der Waals surface area (Å²) in [5.41, 5.74) is 2.63. The molecule has 3 heterocycles. The molecule has 1 aliphatic rings. The Labute approximate surface area is 152 Å². The number of anilines is 1. The van der Waals surface area contributed by atoms with Gasteiger partial charge < -0.3 is 4.90 Å². The zero-order chi connectivity index (χ0) is 18.1. The van der Waals surface area contributed by atoms with Gasteiger partial charge in [0.15, 0.2) is 0 Å². The third-order valence-corrected chi connectivity index (χ3v) is 5.41. The number of aryl methyl sites for hydroxylation is 1. The molecule has 0 aliphatic carbocycles. The predicted octanol–water partition coefficient (Wildman–Crippen LogP) is 2.72. The van der Waals surface area contributed by atoms with E-state index in [1.807, 2.05) is 32.0 Å². The van der Waals surface area contributed by atoms with Gasteiger partial charge in [0.2, 0.25) is 0 Å². The molecule has 3 aromatic rings. The number of aromatic nitrogens is 4. The van der Waals surface area contributed by atoms with E-state index < -0.39 is 0 Å². The van der Waals surface area contributed by atoms with Crippen molar-refractivity contribution in [2.45, 2.75) is 33.2 Å². The first-order valence-corrected chi connectivity index (χ1v) is 9.11. The maximum atomic E-state index is 12.4. The highest BCUT2D eigenvalue weighted by Gasteiger charge is 2.22. The topological polar surface area (TPSA) is 63.9 Å². The molecule has 0 unspecified atom stereocenters. The first kappa shape index (κ1) is 16.7. The number of benzene rings is 1. The largest absolute Gasteiger partial charge is 0.356 e. The Morgan fingerprint density at radius 2 is 1.85 bits per heavy atom. The minimum atomic E-state index is 0.0849. The van der Waals surface area contributed by atoms with Crippen LogP contribution in [0.3, 0.4) is 0 Å². The van der Waals surface area contributed by atoms with Gasteiger partial charge in [-0.2, -0.15) is 0 Å². The molecule has 0 atom stereocenters. The van der Waals surface area contributed by atoms with E-state index >= 15 is 0 Å². The van der Waals surface area contributed by atoms with Crippen LogP contribution in [0, 0.1) is 19.8 Å². The van der Waals surface area contributed by atoms with Crippen molar-refractivity contribution < 1.29 is 0 Å². The van der Waals surface area contributed by atoms with E-state index in [0.717, 1.165) is 60.5 Å². The quantitative estimate of drug-likeness (QED) is 0.727. The molecule has 6 nitrogen and oxygen atoms in total. The van der Waals surface area contributed by atoms with E-state index in [1.54, 1.807) is 17.2 Å². The van der Waals surface area contributed by atoms with Gasteiger partial charge in [-0.3, -0.25) is 9.36 Å². The summed E-state index contributed by atoms with van der Waals surface area (Å²) < 4.78 is 1.77. The summed E-state index contributed by atoms with van der Waals surface area (Å²) in [7, 11) is 0. The average molecular weight is 349 g/mol. The van der Waals surface area contributed by atoms with E-state index in [4.69, 9.17) is 0 Å². The van der Waals surface area contributed by atoms with Crippen LogP contribution in [0.25, 0.3) is 10.9 Å². The van der Waals surface area contributed by atoms with E-state index in [-0.39, 0.29) is 5.56 Å². The van der Waals surface area contributed by atoms with Crippen molar-refractivity contribution in [1.29, 1.82) is 0 Å². The summed E-state index contributed by atoms with van der Waals surface area (Å²) >= 11 is 0. The molecule has 4 rings (SSSR count). The van der Waals surface area contributed by atoms with Crippen LogP contribution >= 0.6 is 0 Å². The van der Waals surface area contributed by atoms with Crippen LogP contribution in [0.5, 0.6) is 0 Å². The Hall–Kier alpha value is -2.76. The molecule has 134 valence electrons. The number of rotatable bonds is 3. The van der Waals surface area contributed by atoms with Gasteiger partial charge in [0.05, 0.1) is 11.8 Å². The highest BCUT2D eigenvalue weighted by Crippen LogP contribution is 2.27. The molecule has 0 bridgehead atoms. The number of nitrogens with zero attached hydrogens (tertiary/aromatic N) is 5. The summed E-state index contributed by atoms with van der Waals surface area (Å²) in [6.07, 6.45) is 5.41. The molecule has 0 N–H and O–H groups in total. The van der Waals surface area contributed by atoms with Crippen LogP contribution in [0.1, 0.15) is 24.1 Å². The van der Waals surface area contributed by atoms with Crippen molar-refractivity contribution in [3.05, 3.63) is 58.5 Å². The van der Waals surface area contributed by atoms with Crippen molar-refractivity contribution in [3.8, 4) is 0 Å². The lowest BCUT2D eigenvalue weighted by molar-refractivity contribution is 0.350. The lowest BCUT2D eigenvalue weighted by atomic mass is 9.96. The standard InChI is InChI=1S/C20H23N5O/c1-14-15(2)23-13-25(20(14)26)11-16-7-9-24(10-8-16)19-17-5-3-4-6-18(17)21-12-22-19/h3-6,12-13,16H,7-11H2,1-2H3. The smallest absolute Gasteiger partial charge is 0.256 e. The second-order valence-electron chi connectivity index (χ2n) is 7.06. The first-order valence-electron chi connectivity index (χ1n) is 9.11. The van der Waals surface area contributed by atoms with Crippen molar-refractivity contribution >= 4 is 16.7 Å². The number of fused-ring (bicyclic) bond motifs is 1. The van der Waals surface area contributed by atoms with Gasteiger partial charge in [-0.25, -0.2) is 15.0 Å². The minimum absolute atomic E-state index is 0.0849. The van der Waals surface area contributed by atoms with Gasteiger partial charge in [-0.05, 0) is 44.7 Å². The van der Waals surface area contributed by atoms with Gasteiger partial charge in [0.25, 0.3) is 5.56 Å². The molecule has 6 heteroatoms. The third kappa shape index (κ3) is 3.07. The van der Waals surface area contributed by atoms with Gasteiger partial charge in [-0.15, -0.1) is 0 Å². The van der Waals surface area contributed by atoms with Gasteiger partial charge in [0, 0.05) is 36.3 Å². The maximum Gasteiger partial charge on any atom is 0.256 e. The fraction of sp³-hybridized carbons (Fsp3) is 0.400. The molecule has 0 radical (unpaired) electrons. The van der Waals surface area contributed by atoms with E-state index in [1.165, 1.54) is 0 Å². The van der Waals surface area contributed by atoms with Crippen LogP contribution in [-0.2, 0) is 6.54 Å². The van der Waals surface area contributed by atoms with E-state index in [0.29, 0.717) is 5.92 Å². The minimum Gasteiger partial charge on any atom is -0.356 e. The Morgan fingerprint density at radius 1 is 1.08 bits per heavy atom. The van der Waals surface area contributed by atoms with Gasteiger partial charge in [-0.1, -0.05) is 12.1 Å². The van der Waals surface area contributed by atoms with Crippen LogP contribution < -0.4 is 10.5 Å². The van der Waals surface area contributed by atoms with E-state index in [2.05, 4.69) is 25.9 Å². The zero-order valence-corrected chi connectivity index (χ0v) is 15.2. The maximum absolute atomic E-state index is 12.4. The summed E-state index contributed by atoms with van der Waals surface area (Å²) in [5.74, 6) is 1.50. The molecular weight excluding hydrogens is 326 g/mol. The van der Waals surface area contributed by atoms with Crippen LogP contribution in [0.15, 0.2) is 41.7 Å². The Bertz CT molecular complexity index is 984. The lowest BCUT2D eigenvalue weighted by Gasteiger charge is -2.33. The SMILES string of the molecule is Cc1ncn(CC2CCN(c3ncnc4ccccc34)CC2)c(=O)c1C. The van der Waals surface area contributed by atoms with Crippen molar-refractivity contribution in [2.75, 3.05) is 18.0 Å². The molecular formula is C20H23N5O. The monoisotopic (exact) mass is 349 g/mol. The summed E-state index contributed by atoms with van der Waals surface area (Å²) in [5, 5.41) is 1.10. The molecule has 0 saturated carbocycles. The first-order chi connectivity index (χ1) is 12.6.